The first-order valence-electron chi connectivity index (χ1n) is 6.21. The van der Waals surface area contributed by atoms with Gasteiger partial charge in [0.15, 0.2) is 5.17 Å². The standard InChI is InChI=1S/C12H8Cl2N4O5S/c13-7-1-5(18(22)23)2-8(14)6(7)4-15-17-12-16-11(21)9(24-12)3-10(19)20/h1-2,4,9H,3H2,(H,19,20)(H,16,17,21). The highest BCUT2D eigenvalue weighted by atomic mass is 35.5. The van der Waals surface area contributed by atoms with E-state index < -0.39 is 22.0 Å². The third-order valence-corrected chi connectivity index (χ3v) is 4.44. The molecular weight excluding hydrogens is 383 g/mol. The minimum atomic E-state index is -1.10. The zero-order valence-electron chi connectivity index (χ0n) is 11.6. The van der Waals surface area contributed by atoms with E-state index in [2.05, 4.69) is 15.5 Å². The molecule has 24 heavy (non-hydrogen) atoms. The van der Waals surface area contributed by atoms with Crippen molar-refractivity contribution >= 4 is 63.9 Å². The largest absolute Gasteiger partial charge is 0.481 e. The average Bonchev–Trinajstić information content (AvgIpc) is 2.81. The number of nitro benzene ring substituents is 1. The second-order valence-corrected chi connectivity index (χ2v) is 6.43. The van der Waals surface area contributed by atoms with Crippen molar-refractivity contribution in [1.29, 1.82) is 0 Å². The smallest absolute Gasteiger partial charge is 0.305 e. The maximum Gasteiger partial charge on any atom is 0.305 e. The zero-order valence-corrected chi connectivity index (χ0v) is 13.9. The number of nitrogens with one attached hydrogen (secondary N) is 1. The van der Waals surface area contributed by atoms with Crippen LogP contribution in [0.4, 0.5) is 5.69 Å². The van der Waals surface area contributed by atoms with Gasteiger partial charge in [0, 0.05) is 17.7 Å². The summed E-state index contributed by atoms with van der Waals surface area (Å²) in [6.07, 6.45) is 0.845. The van der Waals surface area contributed by atoms with Gasteiger partial charge >= 0.3 is 5.97 Å². The van der Waals surface area contributed by atoms with Gasteiger partial charge in [0.25, 0.3) is 5.69 Å². The first kappa shape index (κ1) is 18.2. The minimum Gasteiger partial charge on any atom is -0.481 e. The lowest BCUT2D eigenvalue weighted by atomic mass is 10.2. The number of thioether (sulfide) groups is 1. The Hall–Kier alpha value is -2.17. The number of nitro groups is 1. The third kappa shape index (κ3) is 4.43. The van der Waals surface area contributed by atoms with Crippen LogP contribution in [0.15, 0.2) is 22.3 Å². The van der Waals surface area contributed by atoms with E-state index in [1.807, 2.05) is 0 Å². The van der Waals surface area contributed by atoms with E-state index in [1.54, 1.807) is 0 Å². The molecule has 2 N–H and O–H groups in total. The maximum atomic E-state index is 11.5. The molecule has 1 aromatic carbocycles. The highest BCUT2D eigenvalue weighted by Gasteiger charge is 2.32. The molecule has 9 nitrogen and oxygen atoms in total. The average molecular weight is 391 g/mol. The highest BCUT2D eigenvalue weighted by molar-refractivity contribution is 8.15. The van der Waals surface area contributed by atoms with Crippen molar-refractivity contribution in [2.45, 2.75) is 11.7 Å². The summed E-state index contributed by atoms with van der Waals surface area (Å²) in [5.74, 6) is -1.57. The summed E-state index contributed by atoms with van der Waals surface area (Å²) in [7, 11) is 0. The fourth-order valence-corrected chi connectivity index (χ4v) is 3.17. The van der Waals surface area contributed by atoms with Gasteiger partial charge < -0.3 is 10.4 Å². The number of nitrogens with zero attached hydrogens (tertiary/aromatic N) is 3. The summed E-state index contributed by atoms with van der Waals surface area (Å²) in [5, 5.41) is 28.6. The lowest BCUT2D eigenvalue weighted by Gasteiger charge is -2.00. The van der Waals surface area contributed by atoms with E-state index >= 15 is 0 Å². The maximum absolute atomic E-state index is 11.5. The number of amidine groups is 1. The second-order valence-electron chi connectivity index (χ2n) is 4.42. The molecule has 0 radical (unpaired) electrons. The number of hydrogen-bond donors (Lipinski definition) is 2. The van der Waals surface area contributed by atoms with E-state index in [-0.39, 0.29) is 32.9 Å². The summed E-state index contributed by atoms with van der Waals surface area (Å²) in [4.78, 5) is 32.2. The number of carboxylic acid groups (broad SMARTS) is 1. The van der Waals surface area contributed by atoms with Crippen molar-refractivity contribution in [1.82, 2.24) is 5.32 Å². The molecule has 1 aromatic rings. The van der Waals surface area contributed by atoms with Gasteiger partial charge in [-0.25, -0.2) is 0 Å². The normalized spacial score (nSPS) is 19.0. The lowest BCUT2D eigenvalue weighted by molar-refractivity contribution is -0.384. The van der Waals surface area contributed by atoms with Crippen molar-refractivity contribution in [3.8, 4) is 0 Å². The molecule has 126 valence electrons. The highest BCUT2D eigenvalue weighted by Crippen LogP contribution is 2.29. The van der Waals surface area contributed by atoms with Crippen LogP contribution in [0.5, 0.6) is 0 Å². The number of halogens is 2. The minimum absolute atomic E-state index is 0.0185. The molecule has 1 saturated heterocycles. The van der Waals surface area contributed by atoms with E-state index in [0.717, 1.165) is 23.9 Å². The molecule has 0 spiro atoms. The van der Waals surface area contributed by atoms with Crippen LogP contribution in [0.25, 0.3) is 0 Å². The molecule has 0 saturated carbocycles. The Labute approximate surface area is 148 Å². The molecule has 1 aliphatic heterocycles. The quantitative estimate of drug-likeness (QED) is 0.449. The Balaban J connectivity index is 2.14. The number of aliphatic carboxylic acids is 1. The molecule has 1 amide bonds. The fraction of sp³-hybridized carbons (Fsp3) is 0.167. The van der Waals surface area contributed by atoms with Crippen LogP contribution in [0, 0.1) is 10.1 Å². The summed E-state index contributed by atoms with van der Waals surface area (Å²) in [5.41, 5.74) is -0.0340. The van der Waals surface area contributed by atoms with Crippen molar-refractivity contribution in [3.05, 3.63) is 37.9 Å². The van der Waals surface area contributed by atoms with Crippen LogP contribution in [0.3, 0.4) is 0 Å². The molecule has 0 aliphatic carbocycles. The van der Waals surface area contributed by atoms with Crippen LogP contribution < -0.4 is 5.32 Å². The van der Waals surface area contributed by atoms with Gasteiger partial charge in [-0.2, -0.15) is 5.10 Å². The molecule has 0 bridgehead atoms. The first-order valence-corrected chi connectivity index (χ1v) is 7.85. The van der Waals surface area contributed by atoms with Crippen LogP contribution in [-0.2, 0) is 9.59 Å². The van der Waals surface area contributed by atoms with Crippen LogP contribution >= 0.6 is 35.0 Å². The van der Waals surface area contributed by atoms with Gasteiger partial charge in [-0.15, -0.1) is 5.10 Å². The van der Waals surface area contributed by atoms with E-state index in [9.17, 15) is 19.7 Å². The Bertz CT molecular complexity index is 760. The number of carbonyl (C=O) groups excluding carboxylic acids is 1. The van der Waals surface area contributed by atoms with Gasteiger partial charge in [0.1, 0.15) is 5.25 Å². The van der Waals surface area contributed by atoms with Crippen LogP contribution in [-0.4, -0.2) is 38.5 Å². The van der Waals surface area contributed by atoms with Gasteiger partial charge in [-0.3, -0.25) is 19.7 Å². The number of rotatable bonds is 5. The molecule has 1 aliphatic rings. The summed E-state index contributed by atoms with van der Waals surface area (Å²) in [6, 6.07) is 2.24. The number of benzene rings is 1. The molecule has 2 rings (SSSR count). The van der Waals surface area contributed by atoms with Crippen molar-refractivity contribution in [3.63, 3.8) is 0 Å². The molecule has 1 fully saturated rings. The van der Waals surface area contributed by atoms with Crippen molar-refractivity contribution in [2.75, 3.05) is 0 Å². The number of carbonyl (C=O) groups is 2. The van der Waals surface area contributed by atoms with E-state index in [4.69, 9.17) is 28.3 Å². The van der Waals surface area contributed by atoms with Gasteiger partial charge in [0.05, 0.1) is 27.6 Å². The summed E-state index contributed by atoms with van der Waals surface area (Å²) >= 11 is 12.8. The van der Waals surface area contributed by atoms with E-state index in [0.29, 0.717) is 0 Å². The molecule has 1 atom stereocenters. The SMILES string of the molecule is O=C(O)CC1SC(=NN=Cc2c(Cl)cc([N+](=O)[O-])cc2Cl)NC1=O. The number of carboxylic acids is 1. The van der Waals surface area contributed by atoms with Crippen LogP contribution in [0.2, 0.25) is 10.0 Å². The fourth-order valence-electron chi connectivity index (χ4n) is 1.68. The van der Waals surface area contributed by atoms with Crippen molar-refractivity contribution < 1.29 is 19.6 Å². The van der Waals surface area contributed by atoms with Gasteiger partial charge in [-0.05, 0) is 0 Å². The number of amides is 1. The lowest BCUT2D eigenvalue weighted by Crippen LogP contribution is -2.26. The topological polar surface area (TPSA) is 134 Å². The van der Waals surface area contributed by atoms with Crippen LogP contribution in [0.1, 0.15) is 12.0 Å². The molecule has 12 heteroatoms. The Morgan fingerprint density at radius 3 is 2.62 bits per heavy atom. The van der Waals surface area contributed by atoms with Gasteiger partial charge in [-0.1, -0.05) is 35.0 Å². The molecule has 0 aromatic heterocycles. The molecular formula is C12H8Cl2N4O5S. The Morgan fingerprint density at radius 1 is 1.46 bits per heavy atom. The van der Waals surface area contributed by atoms with Crippen molar-refractivity contribution in [2.24, 2.45) is 10.2 Å². The zero-order chi connectivity index (χ0) is 17.9. The first-order chi connectivity index (χ1) is 11.3. The monoisotopic (exact) mass is 390 g/mol. The summed E-state index contributed by atoms with van der Waals surface area (Å²) < 4.78 is 0. The van der Waals surface area contributed by atoms with Gasteiger partial charge in [0.2, 0.25) is 5.91 Å². The second kappa shape index (κ2) is 7.60. The molecule has 1 unspecified atom stereocenters. The third-order valence-electron chi connectivity index (χ3n) is 2.75. The van der Waals surface area contributed by atoms with E-state index in [1.165, 1.54) is 6.21 Å². The predicted molar refractivity (Wildman–Crippen MR) is 89.9 cm³/mol. The predicted octanol–water partition coefficient (Wildman–Crippen LogP) is 2.30. The number of non-ortho nitro benzene ring substituents is 1. The Morgan fingerprint density at radius 2 is 2.08 bits per heavy atom. The molecule has 1 heterocycles. The Kier molecular flexibility index (Phi) is 5.75. The summed E-state index contributed by atoms with van der Waals surface area (Å²) in [6.45, 7) is 0. The number of hydrogen-bond acceptors (Lipinski definition) is 7.